The van der Waals surface area contributed by atoms with Crippen LogP contribution in [0.2, 0.25) is 5.02 Å². The normalized spacial score (nSPS) is 11.5. The molecular weight excluding hydrogens is 330 g/mol. The van der Waals surface area contributed by atoms with Crippen molar-refractivity contribution < 1.29 is 8.42 Å². The van der Waals surface area contributed by atoms with Crippen LogP contribution in [0.1, 0.15) is 11.3 Å². The maximum Gasteiger partial charge on any atom is 0.215 e. The van der Waals surface area contributed by atoms with Gasteiger partial charge in [0, 0.05) is 30.4 Å². The molecule has 0 saturated heterocycles. The van der Waals surface area contributed by atoms with E-state index in [2.05, 4.69) is 15.0 Å². The van der Waals surface area contributed by atoms with Crippen LogP contribution in [0.4, 0.5) is 5.13 Å². The molecule has 2 rings (SSSR count). The molecule has 0 bridgehead atoms. The van der Waals surface area contributed by atoms with E-state index < -0.39 is 10.0 Å². The molecule has 0 saturated carbocycles. The lowest BCUT2D eigenvalue weighted by Gasteiger charge is -2.07. The predicted molar refractivity (Wildman–Crippen MR) is 87.4 cm³/mol. The fourth-order valence-electron chi connectivity index (χ4n) is 1.74. The van der Waals surface area contributed by atoms with Gasteiger partial charge in [-0.1, -0.05) is 29.8 Å². The molecule has 1 aromatic heterocycles. The van der Waals surface area contributed by atoms with Gasteiger partial charge in [0.05, 0.1) is 11.4 Å². The lowest BCUT2D eigenvalue weighted by atomic mass is 10.2. The average molecular weight is 346 g/mol. The minimum Gasteiger partial charge on any atom is -0.365 e. The van der Waals surface area contributed by atoms with E-state index in [1.54, 1.807) is 31.3 Å². The van der Waals surface area contributed by atoms with Crippen molar-refractivity contribution in [3.05, 3.63) is 45.9 Å². The molecule has 2 aromatic rings. The molecule has 0 aliphatic heterocycles. The van der Waals surface area contributed by atoms with Gasteiger partial charge in [0.15, 0.2) is 5.13 Å². The minimum atomic E-state index is -3.40. The smallest absolute Gasteiger partial charge is 0.215 e. The highest BCUT2D eigenvalue weighted by Gasteiger charge is 2.13. The second-order valence-corrected chi connectivity index (χ2v) is 7.46. The zero-order valence-electron chi connectivity index (χ0n) is 11.5. The molecule has 0 fully saturated rings. The van der Waals surface area contributed by atoms with Crippen LogP contribution in [0.15, 0.2) is 29.6 Å². The molecule has 1 aromatic carbocycles. The largest absolute Gasteiger partial charge is 0.365 e. The van der Waals surface area contributed by atoms with Crippen molar-refractivity contribution in [3.63, 3.8) is 0 Å². The predicted octanol–water partition coefficient (Wildman–Crippen LogP) is 2.50. The number of anilines is 1. The molecule has 114 valence electrons. The van der Waals surface area contributed by atoms with Gasteiger partial charge in [0.1, 0.15) is 0 Å². The standard InChI is InChI=1S/C13H16ClN3O2S2/c1-15-13-17-11(8-20-13)6-7-16-21(18,19)9-10-4-2-3-5-12(10)14/h2-5,8,16H,6-7,9H2,1H3,(H,15,17). The number of aromatic nitrogens is 1. The Hall–Kier alpha value is -1.15. The van der Waals surface area contributed by atoms with Crippen LogP contribution in [0, 0.1) is 0 Å². The number of nitrogens with zero attached hydrogens (tertiary/aromatic N) is 1. The van der Waals surface area contributed by atoms with E-state index in [4.69, 9.17) is 11.6 Å². The van der Waals surface area contributed by atoms with Crippen molar-refractivity contribution >= 4 is 38.1 Å². The van der Waals surface area contributed by atoms with Crippen molar-refractivity contribution in [1.82, 2.24) is 9.71 Å². The van der Waals surface area contributed by atoms with Crippen LogP contribution in [-0.2, 0) is 22.2 Å². The zero-order valence-corrected chi connectivity index (χ0v) is 13.9. The summed E-state index contributed by atoms with van der Waals surface area (Å²) in [5, 5.41) is 6.14. The highest BCUT2D eigenvalue weighted by molar-refractivity contribution is 7.88. The Bertz CT molecular complexity index is 701. The van der Waals surface area contributed by atoms with E-state index >= 15 is 0 Å². The first-order valence-corrected chi connectivity index (χ1v) is 9.24. The lowest BCUT2D eigenvalue weighted by Crippen LogP contribution is -2.27. The zero-order chi connectivity index (χ0) is 15.3. The summed E-state index contributed by atoms with van der Waals surface area (Å²) in [7, 11) is -1.60. The Labute approximate surface area is 133 Å². The summed E-state index contributed by atoms with van der Waals surface area (Å²) in [5.74, 6) is -0.120. The summed E-state index contributed by atoms with van der Waals surface area (Å²) < 4.78 is 26.6. The average Bonchev–Trinajstić information content (AvgIpc) is 2.89. The Balaban J connectivity index is 1.88. The molecule has 0 aliphatic rings. The Morgan fingerprint density at radius 3 is 2.76 bits per heavy atom. The molecule has 0 aliphatic carbocycles. The number of benzene rings is 1. The summed E-state index contributed by atoms with van der Waals surface area (Å²) in [6.07, 6.45) is 0.555. The SMILES string of the molecule is CNc1nc(CCNS(=O)(=O)Cc2ccccc2Cl)cs1. The Morgan fingerprint density at radius 1 is 1.33 bits per heavy atom. The topological polar surface area (TPSA) is 71.1 Å². The number of hydrogen-bond donors (Lipinski definition) is 2. The van der Waals surface area contributed by atoms with Gasteiger partial charge in [-0.05, 0) is 11.6 Å². The maximum absolute atomic E-state index is 12.0. The van der Waals surface area contributed by atoms with Crippen molar-refractivity contribution in [3.8, 4) is 0 Å². The monoisotopic (exact) mass is 345 g/mol. The number of hydrogen-bond acceptors (Lipinski definition) is 5. The third kappa shape index (κ3) is 4.96. The Kier molecular flexibility index (Phi) is 5.58. The van der Waals surface area contributed by atoms with Crippen molar-refractivity contribution in [2.75, 3.05) is 18.9 Å². The molecule has 8 heteroatoms. The summed E-state index contributed by atoms with van der Waals surface area (Å²) >= 11 is 7.47. The van der Waals surface area contributed by atoms with E-state index in [1.807, 2.05) is 5.38 Å². The van der Waals surface area contributed by atoms with Crippen LogP contribution >= 0.6 is 22.9 Å². The highest BCUT2D eigenvalue weighted by atomic mass is 35.5. The molecule has 1 heterocycles. The first-order chi connectivity index (χ1) is 10.00. The summed E-state index contributed by atoms with van der Waals surface area (Å²) in [6.45, 7) is 0.319. The third-order valence-corrected chi connectivity index (χ3v) is 5.38. The van der Waals surface area contributed by atoms with Gasteiger partial charge in [0.25, 0.3) is 0 Å². The van der Waals surface area contributed by atoms with E-state index in [1.165, 1.54) is 11.3 Å². The minimum absolute atomic E-state index is 0.120. The van der Waals surface area contributed by atoms with Gasteiger partial charge >= 0.3 is 0 Å². The van der Waals surface area contributed by atoms with Gasteiger partial charge in [-0.2, -0.15) is 0 Å². The molecule has 0 atom stereocenters. The van der Waals surface area contributed by atoms with E-state index in [0.29, 0.717) is 23.6 Å². The Morgan fingerprint density at radius 2 is 2.10 bits per heavy atom. The van der Waals surface area contributed by atoms with E-state index in [9.17, 15) is 8.42 Å². The quantitative estimate of drug-likeness (QED) is 0.808. The summed E-state index contributed by atoms with van der Waals surface area (Å²) in [5.41, 5.74) is 1.46. The maximum atomic E-state index is 12.0. The van der Waals surface area contributed by atoms with Crippen LogP contribution < -0.4 is 10.0 Å². The van der Waals surface area contributed by atoms with Crippen LogP contribution in [-0.4, -0.2) is 27.0 Å². The van der Waals surface area contributed by atoms with E-state index in [-0.39, 0.29) is 5.75 Å². The molecule has 0 amide bonds. The molecule has 0 spiro atoms. The number of rotatable bonds is 7. The summed E-state index contributed by atoms with van der Waals surface area (Å²) in [4.78, 5) is 4.30. The second kappa shape index (κ2) is 7.22. The van der Waals surface area contributed by atoms with Gasteiger partial charge in [-0.25, -0.2) is 18.1 Å². The molecule has 0 radical (unpaired) electrons. The molecule has 2 N–H and O–H groups in total. The first-order valence-electron chi connectivity index (χ1n) is 6.33. The molecular formula is C13H16ClN3O2S2. The van der Waals surface area contributed by atoms with Gasteiger partial charge in [-0.3, -0.25) is 0 Å². The fraction of sp³-hybridized carbons (Fsp3) is 0.308. The fourth-order valence-corrected chi connectivity index (χ4v) is 3.91. The molecule has 5 nitrogen and oxygen atoms in total. The summed E-state index contributed by atoms with van der Waals surface area (Å²) in [6, 6.07) is 6.93. The van der Waals surface area contributed by atoms with Crippen molar-refractivity contribution in [2.45, 2.75) is 12.2 Å². The van der Waals surface area contributed by atoms with Gasteiger partial charge < -0.3 is 5.32 Å². The number of nitrogens with one attached hydrogen (secondary N) is 2. The third-order valence-electron chi connectivity index (χ3n) is 2.77. The molecule has 21 heavy (non-hydrogen) atoms. The lowest BCUT2D eigenvalue weighted by molar-refractivity contribution is 0.580. The second-order valence-electron chi connectivity index (χ2n) is 4.39. The number of halogens is 1. The van der Waals surface area contributed by atoms with Crippen molar-refractivity contribution in [1.29, 1.82) is 0 Å². The van der Waals surface area contributed by atoms with E-state index in [0.717, 1.165) is 10.8 Å². The highest BCUT2D eigenvalue weighted by Crippen LogP contribution is 2.17. The molecule has 0 unspecified atom stereocenters. The van der Waals surface area contributed by atoms with Crippen molar-refractivity contribution in [2.24, 2.45) is 0 Å². The first kappa shape index (κ1) is 16.2. The van der Waals surface area contributed by atoms with Gasteiger partial charge in [0.2, 0.25) is 10.0 Å². The number of thiazole rings is 1. The van der Waals surface area contributed by atoms with Crippen LogP contribution in [0.25, 0.3) is 0 Å². The number of sulfonamides is 1. The van der Waals surface area contributed by atoms with Gasteiger partial charge in [-0.15, -0.1) is 11.3 Å². The van der Waals surface area contributed by atoms with Crippen LogP contribution in [0.5, 0.6) is 0 Å². The van der Waals surface area contributed by atoms with Crippen LogP contribution in [0.3, 0.4) is 0 Å².